The molecule has 0 spiro atoms. The number of aromatic nitrogens is 1. The van der Waals surface area contributed by atoms with Crippen molar-refractivity contribution in [2.45, 2.75) is 52.9 Å². The highest BCUT2D eigenvalue weighted by molar-refractivity contribution is 7.90. The van der Waals surface area contributed by atoms with Gasteiger partial charge in [-0.05, 0) is 50.5 Å². The van der Waals surface area contributed by atoms with E-state index in [1.54, 1.807) is 45.3 Å². The molecule has 0 bridgehead atoms. The highest BCUT2D eigenvalue weighted by atomic mass is 32.2. The normalized spacial score (nSPS) is 11.2. The Morgan fingerprint density at radius 1 is 0.821 bits per heavy atom. The van der Waals surface area contributed by atoms with Crippen LogP contribution in [-0.2, 0) is 14.6 Å². The Morgan fingerprint density at radius 2 is 1.36 bits per heavy atom. The second-order valence-corrected chi connectivity index (χ2v) is 11.6. The number of carbonyl (C=O) groups excluding carboxylic acids is 2. The van der Waals surface area contributed by atoms with Crippen LogP contribution < -0.4 is 14.2 Å². The molecule has 2 aromatic rings. The van der Waals surface area contributed by atoms with Crippen molar-refractivity contribution >= 4 is 21.7 Å². The molecule has 0 atom stereocenters. The lowest BCUT2D eigenvalue weighted by Crippen LogP contribution is -2.26. The van der Waals surface area contributed by atoms with Crippen LogP contribution >= 0.6 is 0 Å². The molecule has 0 radical (unpaired) electrons. The van der Waals surface area contributed by atoms with Gasteiger partial charge in [0.05, 0.1) is 32.2 Å². The van der Waals surface area contributed by atoms with Crippen molar-refractivity contribution in [2.24, 2.45) is 0 Å². The quantitative estimate of drug-likeness (QED) is 0.203. The van der Waals surface area contributed by atoms with Gasteiger partial charge < -0.3 is 23.8 Å². The minimum absolute atomic E-state index is 0.0367. The van der Waals surface area contributed by atoms with E-state index >= 15 is 0 Å². The first-order valence-corrected chi connectivity index (χ1v) is 15.5. The number of benzene rings is 1. The Hall–Kier alpha value is -3.21. The summed E-state index contributed by atoms with van der Waals surface area (Å²) in [6, 6.07) is 6.83. The monoisotopic (exact) mass is 566 g/mol. The van der Waals surface area contributed by atoms with Gasteiger partial charge in [0.2, 0.25) is 0 Å². The number of hydrogen-bond acceptors (Lipinski definition) is 8. The number of amides is 1. The van der Waals surface area contributed by atoms with E-state index in [9.17, 15) is 18.0 Å². The average molecular weight is 567 g/mol. The Labute approximate surface area is 232 Å². The molecular weight excluding hydrogens is 524 g/mol. The third kappa shape index (κ3) is 9.19. The van der Waals surface area contributed by atoms with Crippen LogP contribution in [0.2, 0.25) is 0 Å². The minimum atomic E-state index is -3.06. The van der Waals surface area contributed by atoms with E-state index in [2.05, 4.69) is 0 Å². The lowest BCUT2D eigenvalue weighted by Gasteiger charge is -2.17. The highest BCUT2D eigenvalue weighted by Crippen LogP contribution is 2.42. The van der Waals surface area contributed by atoms with Crippen molar-refractivity contribution in [1.29, 1.82) is 0 Å². The molecule has 1 aromatic carbocycles. The van der Waals surface area contributed by atoms with E-state index < -0.39 is 15.8 Å². The first kappa shape index (κ1) is 32.0. The molecule has 1 aromatic heterocycles. The van der Waals surface area contributed by atoms with E-state index in [0.29, 0.717) is 31.1 Å². The second-order valence-electron chi connectivity index (χ2n) is 9.34. The molecule has 1 amide bonds. The molecule has 0 fully saturated rings. The van der Waals surface area contributed by atoms with Crippen LogP contribution in [0.5, 0.6) is 17.2 Å². The summed E-state index contributed by atoms with van der Waals surface area (Å²) in [5.74, 6) is -0.0421. The minimum Gasteiger partial charge on any atom is -0.494 e. The van der Waals surface area contributed by atoms with Crippen molar-refractivity contribution in [3.63, 3.8) is 0 Å². The van der Waals surface area contributed by atoms with E-state index in [0.717, 1.165) is 25.7 Å². The van der Waals surface area contributed by atoms with Gasteiger partial charge in [-0.2, -0.15) is 0 Å². The molecule has 0 N–H and O–H groups in total. The summed E-state index contributed by atoms with van der Waals surface area (Å²) in [7, 11) is 0.194. The maximum atomic E-state index is 13.5. The van der Waals surface area contributed by atoms with Gasteiger partial charge in [-0.25, -0.2) is 13.2 Å². The van der Waals surface area contributed by atoms with Crippen molar-refractivity contribution in [3.05, 3.63) is 35.7 Å². The third-order valence-corrected chi connectivity index (χ3v) is 6.70. The summed E-state index contributed by atoms with van der Waals surface area (Å²) >= 11 is 0. The number of hydrogen-bond donors (Lipinski definition) is 0. The van der Waals surface area contributed by atoms with Crippen molar-refractivity contribution in [1.82, 2.24) is 9.47 Å². The topological polar surface area (TPSA) is 113 Å². The zero-order chi connectivity index (χ0) is 29.0. The number of unbranched alkanes of at least 4 members (excludes halogenated alkanes) is 2. The van der Waals surface area contributed by atoms with E-state index in [4.69, 9.17) is 18.9 Å². The second kappa shape index (κ2) is 15.4. The SMILES string of the molecule is CCCCOc1c(OCCCC)c(C(=O)N(C)C)n(-c2ccc(OCCCS(C)(=O)=O)cc2)c1C(=O)OCC. The summed E-state index contributed by atoms with van der Waals surface area (Å²) in [6.45, 7) is 6.84. The van der Waals surface area contributed by atoms with Crippen LogP contribution in [-0.4, -0.2) is 82.3 Å². The molecule has 0 saturated carbocycles. The fourth-order valence-electron chi connectivity index (χ4n) is 3.68. The van der Waals surface area contributed by atoms with Crippen molar-refractivity contribution in [3.8, 4) is 22.9 Å². The summed E-state index contributed by atoms with van der Waals surface area (Å²) in [4.78, 5) is 28.3. The maximum Gasteiger partial charge on any atom is 0.359 e. The molecule has 11 heteroatoms. The Kier molecular flexibility index (Phi) is 12.6. The van der Waals surface area contributed by atoms with Gasteiger partial charge in [0.1, 0.15) is 15.6 Å². The summed E-state index contributed by atoms with van der Waals surface area (Å²) < 4.78 is 47.6. The molecule has 0 aliphatic carbocycles. The Balaban J connectivity index is 2.65. The van der Waals surface area contributed by atoms with Gasteiger partial charge >= 0.3 is 5.97 Å². The lowest BCUT2D eigenvalue weighted by atomic mass is 10.2. The van der Waals surface area contributed by atoms with Crippen LogP contribution in [0.1, 0.15) is 73.9 Å². The van der Waals surface area contributed by atoms with Crippen LogP contribution in [0, 0.1) is 0 Å². The smallest absolute Gasteiger partial charge is 0.359 e. The molecular formula is C28H42N2O8S. The Morgan fingerprint density at radius 3 is 1.85 bits per heavy atom. The van der Waals surface area contributed by atoms with Gasteiger partial charge in [0, 0.05) is 26.0 Å². The third-order valence-electron chi connectivity index (χ3n) is 5.67. The molecule has 0 unspecified atom stereocenters. The van der Waals surface area contributed by atoms with E-state index in [1.807, 2.05) is 13.8 Å². The predicted octanol–water partition coefficient (Wildman–Crippen LogP) is 4.53. The number of sulfone groups is 1. The number of nitrogens with zero attached hydrogens (tertiary/aromatic N) is 2. The lowest BCUT2D eigenvalue weighted by molar-refractivity contribution is 0.0511. The van der Waals surface area contributed by atoms with Gasteiger partial charge in [0.15, 0.2) is 22.9 Å². The van der Waals surface area contributed by atoms with Crippen molar-refractivity contribution < 1.29 is 37.0 Å². The van der Waals surface area contributed by atoms with Crippen molar-refractivity contribution in [2.75, 3.05) is 52.5 Å². The number of rotatable bonds is 17. The number of esters is 1. The first-order valence-electron chi connectivity index (χ1n) is 13.4. The molecule has 0 aliphatic heterocycles. The molecule has 2 rings (SSSR count). The van der Waals surface area contributed by atoms with Crippen LogP contribution in [0.4, 0.5) is 0 Å². The largest absolute Gasteiger partial charge is 0.494 e. The van der Waals surface area contributed by atoms with Crippen LogP contribution in [0.15, 0.2) is 24.3 Å². The van der Waals surface area contributed by atoms with Gasteiger partial charge in [0.25, 0.3) is 5.91 Å². The van der Waals surface area contributed by atoms with Crippen LogP contribution in [0.3, 0.4) is 0 Å². The standard InChI is InChI=1S/C28H42N2O8S/c1-7-10-17-37-25-23(27(31)29(4)5)30(24(28(32)35-9-3)26(25)38-18-11-8-2)21-13-15-22(16-14-21)36-19-12-20-39(6,33)34/h13-16H,7-12,17-20H2,1-6H3. The summed E-state index contributed by atoms with van der Waals surface area (Å²) in [5.41, 5.74) is 0.747. The fraction of sp³-hybridized carbons (Fsp3) is 0.571. The number of carbonyl (C=O) groups is 2. The molecule has 0 aliphatic rings. The van der Waals surface area contributed by atoms with Gasteiger partial charge in [-0.15, -0.1) is 0 Å². The zero-order valence-corrected chi connectivity index (χ0v) is 24.8. The average Bonchev–Trinajstić information content (AvgIpc) is 3.20. The van der Waals surface area contributed by atoms with Gasteiger partial charge in [-0.1, -0.05) is 26.7 Å². The zero-order valence-electron chi connectivity index (χ0n) is 23.9. The molecule has 0 saturated heterocycles. The maximum absolute atomic E-state index is 13.5. The predicted molar refractivity (Wildman–Crippen MR) is 150 cm³/mol. The first-order chi connectivity index (χ1) is 18.6. The molecule has 218 valence electrons. The van der Waals surface area contributed by atoms with Gasteiger partial charge in [-0.3, -0.25) is 9.36 Å². The Bertz CT molecular complexity index is 1190. The molecule has 39 heavy (non-hydrogen) atoms. The van der Waals surface area contributed by atoms with E-state index in [-0.39, 0.29) is 47.8 Å². The summed E-state index contributed by atoms with van der Waals surface area (Å²) in [6.07, 6.45) is 4.84. The molecule has 10 nitrogen and oxygen atoms in total. The summed E-state index contributed by atoms with van der Waals surface area (Å²) in [5, 5.41) is 0. The highest BCUT2D eigenvalue weighted by Gasteiger charge is 2.35. The molecule has 1 heterocycles. The number of ether oxygens (including phenoxy) is 4. The van der Waals surface area contributed by atoms with E-state index in [1.165, 1.54) is 15.7 Å². The fourth-order valence-corrected chi connectivity index (χ4v) is 4.33. The van der Waals surface area contributed by atoms with Crippen LogP contribution in [0.25, 0.3) is 5.69 Å².